The van der Waals surface area contributed by atoms with E-state index in [-0.39, 0.29) is 5.97 Å². The first kappa shape index (κ1) is 13.4. The number of anilines is 1. The standard InChI is InChI=1S/C12H19N3O2/c1-3-10-8-11(15-9-14-10)13-7-5-6-12(16)17-4-2/h8-9H,3-7H2,1-2H3,(H,13,14,15). The van der Waals surface area contributed by atoms with Crippen LogP contribution in [-0.4, -0.2) is 29.1 Å². The Morgan fingerprint density at radius 3 is 2.94 bits per heavy atom. The quantitative estimate of drug-likeness (QED) is 0.578. The molecule has 1 heterocycles. The van der Waals surface area contributed by atoms with Crippen LogP contribution in [0.4, 0.5) is 5.82 Å². The van der Waals surface area contributed by atoms with Crippen LogP contribution in [0.5, 0.6) is 0 Å². The van der Waals surface area contributed by atoms with Crippen molar-refractivity contribution in [3.8, 4) is 0 Å². The number of nitrogens with zero attached hydrogens (tertiary/aromatic N) is 2. The molecule has 17 heavy (non-hydrogen) atoms. The second kappa shape index (κ2) is 7.60. The topological polar surface area (TPSA) is 64.1 Å². The van der Waals surface area contributed by atoms with Gasteiger partial charge in [0.15, 0.2) is 0 Å². The predicted molar refractivity (Wildman–Crippen MR) is 65.8 cm³/mol. The number of carbonyl (C=O) groups excluding carboxylic acids is 1. The van der Waals surface area contributed by atoms with Crippen LogP contribution in [0.3, 0.4) is 0 Å². The lowest BCUT2D eigenvalue weighted by Crippen LogP contribution is -2.09. The summed E-state index contributed by atoms with van der Waals surface area (Å²) < 4.78 is 4.84. The number of rotatable bonds is 7. The summed E-state index contributed by atoms with van der Waals surface area (Å²) >= 11 is 0. The molecule has 0 aliphatic heterocycles. The highest BCUT2D eigenvalue weighted by atomic mass is 16.5. The van der Waals surface area contributed by atoms with Crippen LogP contribution in [-0.2, 0) is 16.0 Å². The van der Waals surface area contributed by atoms with E-state index >= 15 is 0 Å². The molecule has 0 radical (unpaired) electrons. The van der Waals surface area contributed by atoms with Gasteiger partial charge in [0.05, 0.1) is 6.61 Å². The summed E-state index contributed by atoms with van der Waals surface area (Å²) in [6, 6.07) is 1.92. The monoisotopic (exact) mass is 237 g/mol. The van der Waals surface area contributed by atoms with E-state index in [9.17, 15) is 4.79 Å². The fourth-order valence-corrected chi connectivity index (χ4v) is 1.37. The van der Waals surface area contributed by atoms with E-state index in [1.807, 2.05) is 19.9 Å². The van der Waals surface area contributed by atoms with E-state index in [0.29, 0.717) is 19.6 Å². The van der Waals surface area contributed by atoms with Crippen molar-refractivity contribution in [2.75, 3.05) is 18.5 Å². The average Bonchev–Trinajstić information content (AvgIpc) is 2.35. The summed E-state index contributed by atoms with van der Waals surface area (Å²) in [5, 5.41) is 3.16. The summed E-state index contributed by atoms with van der Waals surface area (Å²) in [4.78, 5) is 19.3. The Balaban J connectivity index is 2.24. The molecule has 1 N–H and O–H groups in total. The predicted octanol–water partition coefficient (Wildman–Crippen LogP) is 1.79. The first-order valence-electron chi connectivity index (χ1n) is 5.96. The van der Waals surface area contributed by atoms with Gasteiger partial charge >= 0.3 is 5.97 Å². The van der Waals surface area contributed by atoms with Crippen molar-refractivity contribution in [2.24, 2.45) is 0 Å². The maximum atomic E-state index is 11.1. The number of nitrogens with one attached hydrogen (secondary N) is 1. The molecule has 0 fully saturated rings. The lowest BCUT2D eigenvalue weighted by Gasteiger charge is -2.06. The van der Waals surface area contributed by atoms with Crippen molar-refractivity contribution in [1.29, 1.82) is 0 Å². The Morgan fingerprint density at radius 2 is 2.24 bits per heavy atom. The molecule has 5 nitrogen and oxygen atoms in total. The number of aryl methyl sites for hydroxylation is 1. The number of ether oxygens (including phenoxy) is 1. The normalized spacial score (nSPS) is 10.0. The van der Waals surface area contributed by atoms with Crippen LogP contribution in [0.25, 0.3) is 0 Å². The van der Waals surface area contributed by atoms with Crippen LogP contribution in [0.1, 0.15) is 32.4 Å². The number of carbonyl (C=O) groups is 1. The summed E-state index contributed by atoms with van der Waals surface area (Å²) in [6.45, 7) is 5.01. The molecular formula is C12H19N3O2. The third-order valence-electron chi connectivity index (χ3n) is 2.26. The highest BCUT2D eigenvalue weighted by molar-refractivity contribution is 5.69. The molecule has 94 valence electrons. The van der Waals surface area contributed by atoms with Gasteiger partial charge in [-0.05, 0) is 19.8 Å². The van der Waals surface area contributed by atoms with Gasteiger partial charge < -0.3 is 10.1 Å². The van der Waals surface area contributed by atoms with E-state index in [2.05, 4.69) is 15.3 Å². The minimum absolute atomic E-state index is 0.147. The Labute approximate surface area is 102 Å². The number of aromatic nitrogens is 2. The molecule has 0 amide bonds. The van der Waals surface area contributed by atoms with Crippen molar-refractivity contribution < 1.29 is 9.53 Å². The van der Waals surface area contributed by atoms with Gasteiger partial charge in [-0.25, -0.2) is 9.97 Å². The van der Waals surface area contributed by atoms with E-state index < -0.39 is 0 Å². The van der Waals surface area contributed by atoms with E-state index in [1.165, 1.54) is 0 Å². The van der Waals surface area contributed by atoms with Gasteiger partial charge in [0, 0.05) is 24.7 Å². The zero-order valence-corrected chi connectivity index (χ0v) is 10.4. The molecule has 0 unspecified atom stereocenters. The Hall–Kier alpha value is -1.65. The van der Waals surface area contributed by atoms with Crippen molar-refractivity contribution >= 4 is 11.8 Å². The third kappa shape index (κ3) is 5.29. The molecule has 0 aliphatic rings. The molecule has 1 aromatic heterocycles. The Bertz CT molecular complexity index is 355. The largest absolute Gasteiger partial charge is 0.466 e. The Kier molecular flexibility index (Phi) is 5.99. The molecule has 0 aromatic carbocycles. The molecule has 1 aromatic rings. The molecule has 5 heteroatoms. The molecule has 1 rings (SSSR count). The summed E-state index contributed by atoms with van der Waals surface area (Å²) in [7, 11) is 0. The van der Waals surface area contributed by atoms with Gasteiger partial charge in [-0.15, -0.1) is 0 Å². The minimum Gasteiger partial charge on any atom is -0.466 e. The summed E-state index contributed by atoms with van der Waals surface area (Å²) in [6.07, 6.45) is 3.61. The van der Waals surface area contributed by atoms with Gasteiger partial charge in [-0.2, -0.15) is 0 Å². The Morgan fingerprint density at radius 1 is 1.41 bits per heavy atom. The fraction of sp³-hybridized carbons (Fsp3) is 0.583. The number of hydrogen-bond acceptors (Lipinski definition) is 5. The van der Waals surface area contributed by atoms with Crippen molar-refractivity contribution in [3.63, 3.8) is 0 Å². The average molecular weight is 237 g/mol. The molecular weight excluding hydrogens is 218 g/mol. The summed E-state index contributed by atoms with van der Waals surface area (Å²) in [5.74, 6) is 0.659. The molecule has 0 aliphatic carbocycles. The van der Waals surface area contributed by atoms with Gasteiger partial charge in [-0.3, -0.25) is 4.79 Å². The SMILES string of the molecule is CCOC(=O)CCCNc1cc(CC)ncn1. The van der Waals surface area contributed by atoms with Crippen LogP contribution >= 0.6 is 0 Å². The third-order valence-corrected chi connectivity index (χ3v) is 2.26. The second-order valence-corrected chi connectivity index (χ2v) is 3.58. The molecule has 0 bridgehead atoms. The first-order valence-corrected chi connectivity index (χ1v) is 5.96. The number of hydrogen-bond donors (Lipinski definition) is 1. The van der Waals surface area contributed by atoms with Gasteiger partial charge in [0.1, 0.15) is 12.1 Å². The van der Waals surface area contributed by atoms with E-state index in [0.717, 1.165) is 24.4 Å². The van der Waals surface area contributed by atoms with Crippen LogP contribution in [0, 0.1) is 0 Å². The maximum absolute atomic E-state index is 11.1. The van der Waals surface area contributed by atoms with Gasteiger partial charge in [-0.1, -0.05) is 6.92 Å². The maximum Gasteiger partial charge on any atom is 0.305 e. The highest BCUT2D eigenvalue weighted by Crippen LogP contribution is 2.04. The van der Waals surface area contributed by atoms with Crippen LogP contribution in [0.15, 0.2) is 12.4 Å². The van der Waals surface area contributed by atoms with Gasteiger partial charge in [0.25, 0.3) is 0 Å². The highest BCUT2D eigenvalue weighted by Gasteiger charge is 2.01. The minimum atomic E-state index is -0.147. The first-order chi connectivity index (χ1) is 8.26. The smallest absolute Gasteiger partial charge is 0.305 e. The second-order valence-electron chi connectivity index (χ2n) is 3.58. The van der Waals surface area contributed by atoms with Crippen molar-refractivity contribution in [3.05, 3.63) is 18.1 Å². The van der Waals surface area contributed by atoms with Crippen LogP contribution < -0.4 is 5.32 Å². The molecule has 0 saturated carbocycles. The zero-order chi connectivity index (χ0) is 12.5. The molecule has 0 spiro atoms. The lowest BCUT2D eigenvalue weighted by atomic mass is 10.3. The summed E-state index contributed by atoms with van der Waals surface area (Å²) in [5.41, 5.74) is 1.01. The molecule has 0 saturated heterocycles. The van der Waals surface area contributed by atoms with E-state index in [1.54, 1.807) is 6.33 Å². The number of esters is 1. The lowest BCUT2D eigenvalue weighted by molar-refractivity contribution is -0.143. The van der Waals surface area contributed by atoms with E-state index in [4.69, 9.17) is 4.74 Å². The van der Waals surface area contributed by atoms with Gasteiger partial charge in [0.2, 0.25) is 0 Å². The fourth-order valence-electron chi connectivity index (χ4n) is 1.37. The zero-order valence-electron chi connectivity index (χ0n) is 10.4. The van der Waals surface area contributed by atoms with Crippen molar-refractivity contribution in [2.45, 2.75) is 33.1 Å². The van der Waals surface area contributed by atoms with Crippen LogP contribution in [0.2, 0.25) is 0 Å². The molecule has 0 atom stereocenters. The van der Waals surface area contributed by atoms with Crippen molar-refractivity contribution in [1.82, 2.24) is 9.97 Å².